The quantitative estimate of drug-likeness (QED) is 0.611. The number of nitrogens with zero attached hydrogens (tertiary/aromatic N) is 3. The molecule has 1 aliphatic heterocycles. The third-order valence-electron chi connectivity index (χ3n) is 5.00. The molecule has 1 aliphatic rings. The van der Waals surface area contributed by atoms with Gasteiger partial charge in [-0.2, -0.15) is 0 Å². The number of pyridine rings is 1. The van der Waals surface area contributed by atoms with Crippen molar-refractivity contribution in [3.05, 3.63) is 80.9 Å². The van der Waals surface area contributed by atoms with E-state index in [1.165, 1.54) is 35.7 Å². The predicted molar refractivity (Wildman–Crippen MR) is 108 cm³/mol. The molecule has 10 heteroatoms. The average molecular weight is 426 g/mol. The van der Waals surface area contributed by atoms with E-state index < -0.39 is 23.4 Å². The first-order valence-electron chi connectivity index (χ1n) is 8.91. The summed E-state index contributed by atoms with van der Waals surface area (Å²) in [4.78, 5) is 54.8. The van der Waals surface area contributed by atoms with Gasteiger partial charge in [-0.05, 0) is 36.8 Å². The van der Waals surface area contributed by atoms with Crippen LogP contribution in [0.1, 0.15) is 28.5 Å². The second kappa shape index (κ2) is 6.96. The van der Waals surface area contributed by atoms with Crippen molar-refractivity contribution in [3.8, 4) is 0 Å². The minimum atomic E-state index is -1.39. The molecule has 4 rings (SSSR count). The molecule has 1 fully saturated rings. The maximum atomic E-state index is 13.1. The summed E-state index contributed by atoms with van der Waals surface area (Å²) in [7, 11) is 0. The number of carbonyl (C=O) groups is 3. The normalized spacial score (nSPS) is 18.7. The summed E-state index contributed by atoms with van der Waals surface area (Å²) in [5.74, 6) is -1.18. The molecule has 3 aromatic rings. The van der Waals surface area contributed by atoms with E-state index in [-0.39, 0.29) is 23.4 Å². The van der Waals surface area contributed by atoms with Crippen LogP contribution in [-0.2, 0) is 16.9 Å². The number of urea groups is 1. The van der Waals surface area contributed by atoms with Gasteiger partial charge in [0.25, 0.3) is 11.5 Å². The summed E-state index contributed by atoms with van der Waals surface area (Å²) in [5, 5.41) is 3.03. The van der Waals surface area contributed by atoms with Crippen molar-refractivity contribution in [1.82, 2.24) is 19.6 Å². The maximum absolute atomic E-state index is 13.1. The van der Waals surface area contributed by atoms with Crippen LogP contribution in [0.5, 0.6) is 0 Å². The van der Waals surface area contributed by atoms with Gasteiger partial charge in [0.15, 0.2) is 0 Å². The number of fused-ring (bicyclic) bond motifs is 1. The number of nitrogens with two attached hydrogens (primary N) is 1. The standard InChI is InChI=1S/C20H16ClN5O4/c1-20(12-4-2-3-11(7-12)17(22)28)18(29)26(19(30)24-20)10-14-8-16(27)25-9-13(21)5-6-15(25)23-14/h2-9H,10H2,1H3,(H2,22,28)(H,24,30). The van der Waals surface area contributed by atoms with Gasteiger partial charge < -0.3 is 11.1 Å². The molecule has 2 aromatic heterocycles. The number of halogens is 1. The number of carbonyl (C=O) groups excluding carboxylic acids is 3. The Morgan fingerprint density at radius 3 is 2.70 bits per heavy atom. The first-order valence-corrected chi connectivity index (χ1v) is 9.29. The molecule has 152 valence electrons. The van der Waals surface area contributed by atoms with Crippen LogP contribution in [0.25, 0.3) is 5.65 Å². The van der Waals surface area contributed by atoms with Crippen molar-refractivity contribution in [2.45, 2.75) is 19.0 Å². The molecule has 0 spiro atoms. The van der Waals surface area contributed by atoms with Crippen molar-refractivity contribution in [2.75, 3.05) is 0 Å². The number of primary amides is 1. The lowest BCUT2D eigenvalue weighted by atomic mass is 9.90. The molecule has 1 saturated heterocycles. The fourth-order valence-electron chi connectivity index (χ4n) is 3.39. The Morgan fingerprint density at radius 1 is 1.20 bits per heavy atom. The Balaban J connectivity index is 1.67. The molecular formula is C20H16ClN5O4. The van der Waals surface area contributed by atoms with Crippen molar-refractivity contribution in [2.24, 2.45) is 5.73 Å². The van der Waals surface area contributed by atoms with Gasteiger partial charge in [0.05, 0.1) is 17.3 Å². The van der Waals surface area contributed by atoms with Gasteiger partial charge in [0.2, 0.25) is 5.91 Å². The molecule has 0 bridgehead atoms. The fourth-order valence-corrected chi connectivity index (χ4v) is 3.55. The zero-order chi connectivity index (χ0) is 21.6. The maximum Gasteiger partial charge on any atom is 0.325 e. The smallest absolute Gasteiger partial charge is 0.325 e. The molecule has 1 atom stereocenters. The van der Waals surface area contributed by atoms with Crippen LogP contribution >= 0.6 is 11.6 Å². The van der Waals surface area contributed by atoms with Crippen LogP contribution in [-0.4, -0.2) is 32.1 Å². The van der Waals surface area contributed by atoms with Gasteiger partial charge in [-0.1, -0.05) is 23.7 Å². The van der Waals surface area contributed by atoms with Crippen LogP contribution in [0.2, 0.25) is 5.02 Å². The summed E-state index contributed by atoms with van der Waals surface area (Å²) < 4.78 is 1.27. The molecule has 0 aliphatic carbocycles. The number of nitrogens with one attached hydrogen (secondary N) is 1. The van der Waals surface area contributed by atoms with Crippen molar-refractivity contribution >= 4 is 35.1 Å². The van der Waals surface area contributed by atoms with E-state index in [2.05, 4.69) is 10.3 Å². The minimum Gasteiger partial charge on any atom is -0.366 e. The number of rotatable bonds is 4. The second-order valence-electron chi connectivity index (χ2n) is 7.05. The van der Waals surface area contributed by atoms with E-state index in [0.29, 0.717) is 16.2 Å². The predicted octanol–water partition coefficient (Wildman–Crippen LogP) is 1.41. The lowest BCUT2D eigenvalue weighted by Gasteiger charge is -2.22. The summed E-state index contributed by atoms with van der Waals surface area (Å²) in [6.45, 7) is 1.35. The molecule has 0 saturated carbocycles. The molecule has 3 N–H and O–H groups in total. The molecule has 1 unspecified atom stereocenters. The molecule has 9 nitrogen and oxygen atoms in total. The van der Waals surface area contributed by atoms with Crippen molar-refractivity contribution < 1.29 is 14.4 Å². The van der Waals surface area contributed by atoms with Crippen molar-refractivity contribution in [3.63, 3.8) is 0 Å². The van der Waals surface area contributed by atoms with E-state index in [9.17, 15) is 19.2 Å². The van der Waals surface area contributed by atoms with E-state index >= 15 is 0 Å². The lowest BCUT2D eigenvalue weighted by Crippen LogP contribution is -2.41. The van der Waals surface area contributed by atoms with Gasteiger partial charge in [0, 0.05) is 17.8 Å². The Morgan fingerprint density at radius 2 is 1.97 bits per heavy atom. The number of imide groups is 1. The highest BCUT2D eigenvalue weighted by Crippen LogP contribution is 2.30. The molecule has 30 heavy (non-hydrogen) atoms. The molecular weight excluding hydrogens is 410 g/mol. The molecule has 1 aromatic carbocycles. The largest absolute Gasteiger partial charge is 0.366 e. The molecule has 3 heterocycles. The van der Waals surface area contributed by atoms with Crippen LogP contribution in [0, 0.1) is 0 Å². The molecule has 0 radical (unpaired) electrons. The lowest BCUT2D eigenvalue weighted by molar-refractivity contribution is -0.131. The number of benzene rings is 1. The van der Waals surface area contributed by atoms with Crippen LogP contribution in [0.4, 0.5) is 4.79 Å². The van der Waals surface area contributed by atoms with Crippen molar-refractivity contribution in [1.29, 1.82) is 0 Å². The van der Waals surface area contributed by atoms with E-state index in [0.717, 1.165) is 4.90 Å². The first kappa shape index (κ1) is 19.6. The Kier molecular flexibility index (Phi) is 4.54. The Hall–Kier alpha value is -3.72. The first-order chi connectivity index (χ1) is 14.2. The summed E-state index contributed by atoms with van der Waals surface area (Å²) >= 11 is 5.90. The second-order valence-corrected chi connectivity index (χ2v) is 7.49. The summed E-state index contributed by atoms with van der Waals surface area (Å²) in [6.07, 6.45) is 1.44. The highest BCUT2D eigenvalue weighted by Gasteiger charge is 2.49. The van der Waals surface area contributed by atoms with Gasteiger partial charge in [-0.3, -0.25) is 23.7 Å². The third kappa shape index (κ3) is 3.18. The number of amides is 4. The topological polar surface area (TPSA) is 127 Å². The van der Waals surface area contributed by atoms with E-state index in [1.807, 2.05) is 0 Å². The molecule has 4 amide bonds. The van der Waals surface area contributed by atoms with Crippen LogP contribution < -0.4 is 16.6 Å². The van der Waals surface area contributed by atoms with Gasteiger partial charge >= 0.3 is 6.03 Å². The fraction of sp³-hybridized carbons (Fsp3) is 0.150. The van der Waals surface area contributed by atoms with E-state index in [4.69, 9.17) is 17.3 Å². The third-order valence-corrected chi connectivity index (χ3v) is 5.22. The zero-order valence-corrected chi connectivity index (χ0v) is 16.5. The number of hydrogen-bond donors (Lipinski definition) is 2. The minimum absolute atomic E-state index is 0.190. The monoisotopic (exact) mass is 425 g/mol. The SMILES string of the molecule is CC1(c2cccc(C(N)=O)c2)NC(=O)N(Cc2cc(=O)n3cc(Cl)ccc3n2)C1=O. The zero-order valence-electron chi connectivity index (χ0n) is 15.8. The summed E-state index contributed by atoms with van der Waals surface area (Å²) in [5.41, 5.74) is 4.77. The highest BCUT2D eigenvalue weighted by atomic mass is 35.5. The number of aromatic nitrogens is 2. The van der Waals surface area contributed by atoms with Gasteiger partial charge in [-0.15, -0.1) is 0 Å². The van der Waals surface area contributed by atoms with Crippen LogP contribution in [0.3, 0.4) is 0 Å². The average Bonchev–Trinajstić information content (AvgIpc) is 2.93. The van der Waals surface area contributed by atoms with Gasteiger partial charge in [0.1, 0.15) is 11.2 Å². The Bertz CT molecular complexity index is 1290. The number of hydrogen-bond acceptors (Lipinski definition) is 5. The van der Waals surface area contributed by atoms with Gasteiger partial charge in [-0.25, -0.2) is 9.78 Å². The Labute approximate surface area is 175 Å². The summed E-state index contributed by atoms with van der Waals surface area (Å²) in [6, 6.07) is 9.96. The van der Waals surface area contributed by atoms with Crippen LogP contribution in [0.15, 0.2) is 53.5 Å². The van der Waals surface area contributed by atoms with E-state index in [1.54, 1.807) is 24.3 Å². The highest BCUT2D eigenvalue weighted by molar-refractivity contribution is 6.30.